The van der Waals surface area contributed by atoms with Crippen LogP contribution in [-0.2, 0) is 23.8 Å². The van der Waals surface area contributed by atoms with Crippen LogP contribution in [0.3, 0.4) is 0 Å². The highest BCUT2D eigenvalue weighted by atomic mass is 32.2. The van der Waals surface area contributed by atoms with E-state index in [1.165, 1.54) is 6.92 Å². The van der Waals surface area contributed by atoms with Crippen molar-refractivity contribution >= 4 is 22.8 Å². The van der Waals surface area contributed by atoms with Gasteiger partial charge >= 0.3 is 0 Å². The molecule has 0 aromatic rings. The summed E-state index contributed by atoms with van der Waals surface area (Å²) in [6, 6.07) is 0. The Hall–Kier alpha value is -0.630. The third-order valence-electron chi connectivity index (χ3n) is 2.01. The summed E-state index contributed by atoms with van der Waals surface area (Å²) in [6.45, 7) is 4.58. The summed E-state index contributed by atoms with van der Waals surface area (Å²) in [5.41, 5.74) is 0. The summed E-state index contributed by atoms with van der Waals surface area (Å²) in [7, 11) is 1.62. The van der Waals surface area contributed by atoms with Crippen LogP contribution in [0.5, 0.6) is 0 Å². The van der Waals surface area contributed by atoms with E-state index in [9.17, 15) is 9.59 Å². The molecule has 7 heteroatoms. The summed E-state index contributed by atoms with van der Waals surface area (Å²) in [5.74, 6) is 0.462. The van der Waals surface area contributed by atoms with Crippen LogP contribution < -0.4 is 5.32 Å². The number of rotatable bonds is 12. The van der Waals surface area contributed by atoms with Gasteiger partial charge in [0, 0.05) is 32.8 Å². The number of ether oxygens (including phenoxy) is 3. The van der Waals surface area contributed by atoms with Gasteiger partial charge in [-0.25, -0.2) is 0 Å². The zero-order chi connectivity index (χ0) is 14.3. The fraction of sp³-hybridized carbons (Fsp3) is 0.833. The molecule has 0 rings (SSSR count). The van der Waals surface area contributed by atoms with Gasteiger partial charge in [-0.1, -0.05) is 11.8 Å². The molecule has 0 aliphatic carbocycles. The molecule has 0 aromatic carbocycles. The average Bonchev–Trinajstić information content (AvgIpc) is 2.36. The Bertz CT molecular complexity index is 250. The highest BCUT2D eigenvalue weighted by Crippen LogP contribution is 2.02. The molecule has 0 aliphatic rings. The van der Waals surface area contributed by atoms with Gasteiger partial charge in [0.15, 0.2) is 5.12 Å². The predicted octanol–water partition coefficient (Wildman–Crippen LogP) is 0.452. The second-order valence-corrected chi connectivity index (χ2v) is 4.93. The molecular weight excluding hydrogens is 270 g/mol. The average molecular weight is 293 g/mol. The molecule has 0 aliphatic heterocycles. The van der Waals surface area contributed by atoms with Gasteiger partial charge in [0.1, 0.15) is 0 Å². The Balaban J connectivity index is 3.16. The van der Waals surface area contributed by atoms with E-state index in [2.05, 4.69) is 5.32 Å². The van der Waals surface area contributed by atoms with Crippen LogP contribution in [0.2, 0.25) is 0 Å². The minimum Gasteiger partial charge on any atom is -0.382 e. The zero-order valence-corrected chi connectivity index (χ0v) is 12.4. The summed E-state index contributed by atoms with van der Waals surface area (Å²) in [6.07, 6.45) is 0.352. The molecule has 0 bridgehead atoms. The third-order valence-corrected chi connectivity index (χ3v) is 2.82. The maximum atomic E-state index is 11.3. The molecule has 0 saturated carbocycles. The van der Waals surface area contributed by atoms with E-state index in [-0.39, 0.29) is 11.0 Å². The number of hydrogen-bond donors (Lipinski definition) is 1. The van der Waals surface area contributed by atoms with E-state index in [0.29, 0.717) is 51.8 Å². The van der Waals surface area contributed by atoms with Crippen molar-refractivity contribution < 1.29 is 23.8 Å². The molecule has 0 fully saturated rings. The minimum atomic E-state index is -0.0614. The fourth-order valence-corrected chi connectivity index (χ4v) is 1.68. The van der Waals surface area contributed by atoms with E-state index in [1.54, 1.807) is 7.11 Å². The maximum absolute atomic E-state index is 11.3. The second-order valence-electron chi connectivity index (χ2n) is 3.66. The maximum Gasteiger partial charge on any atom is 0.220 e. The van der Waals surface area contributed by atoms with Crippen LogP contribution in [0.15, 0.2) is 0 Å². The Morgan fingerprint density at radius 1 is 1.05 bits per heavy atom. The van der Waals surface area contributed by atoms with Crippen LogP contribution in [0.4, 0.5) is 0 Å². The summed E-state index contributed by atoms with van der Waals surface area (Å²) < 4.78 is 15.3. The predicted molar refractivity (Wildman–Crippen MR) is 74.3 cm³/mol. The Kier molecular flexibility index (Phi) is 13.3. The van der Waals surface area contributed by atoms with Crippen molar-refractivity contribution in [3.05, 3.63) is 0 Å². The smallest absolute Gasteiger partial charge is 0.220 e. The third kappa shape index (κ3) is 15.3. The van der Waals surface area contributed by atoms with E-state index in [4.69, 9.17) is 14.2 Å². The van der Waals surface area contributed by atoms with Gasteiger partial charge < -0.3 is 19.5 Å². The molecule has 1 N–H and O–H groups in total. The van der Waals surface area contributed by atoms with Crippen molar-refractivity contribution in [1.82, 2.24) is 5.32 Å². The number of nitrogens with one attached hydrogen (secondary N) is 1. The van der Waals surface area contributed by atoms with Crippen LogP contribution in [0.1, 0.15) is 13.3 Å². The van der Waals surface area contributed by atoms with Gasteiger partial charge in [0.25, 0.3) is 0 Å². The summed E-state index contributed by atoms with van der Waals surface area (Å²) >= 11 is 1.16. The fourth-order valence-electron chi connectivity index (χ4n) is 1.10. The monoisotopic (exact) mass is 293 g/mol. The van der Waals surface area contributed by atoms with E-state index >= 15 is 0 Å². The Labute approximate surface area is 118 Å². The van der Waals surface area contributed by atoms with E-state index < -0.39 is 0 Å². The molecule has 0 spiro atoms. The van der Waals surface area contributed by atoms with Crippen molar-refractivity contribution in [2.24, 2.45) is 0 Å². The zero-order valence-electron chi connectivity index (χ0n) is 11.6. The van der Waals surface area contributed by atoms with E-state index in [0.717, 1.165) is 11.8 Å². The van der Waals surface area contributed by atoms with Crippen LogP contribution >= 0.6 is 11.8 Å². The van der Waals surface area contributed by atoms with Crippen molar-refractivity contribution in [1.29, 1.82) is 0 Å². The lowest BCUT2D eigenvalue weighted by Gasteiger charge is -2.07. The number of carbonyl (C=O) groups excluding carboxylic acids is 2. The molecular formula is C12H23NO5S. The van der Waals surface area contributed by atoms with Gasteiger partial charge in [-0.05, 0) is 0 Å². The second kappa shape index (κ2) is 13.8. The molecule has 0 saturated heterocycles. The lowest BCUT2D eigenvalue weighted by molar-refractivity contribution is -0.120. The molecule has 112 valence electrons. The SMILES string of the molecule is COCCOCCOCCNC(=O)CCSC(C)=O. The largest absolute Gasteiger partial charge is 0.382 e. The number of thioether (sulfide) groups is 1. The molecule has 0 heterocycles. The Morgan fingerprint density at radius 3 is 2.32 bits per heavy atom. The quantitative estimate of drug-likeness (QED) is 0.527. The first-order valence-corrected chi connectivity index (χ1v) is 7.20. The minimum absolute atomic E-state index is 0.0320. The number of hydrogen-bond acceptors (Lipinski definition) is 6. The van der Waals surface area contributed by atoms with Gasteiger partial charge in [-0.3, -0.25) is 9.59 Å². The standard InChI is InChI=1S/C12H23NO5S/c1-11(14)19-10-3-12(15)13-4-5-17-8-9-18-7-6-16-2/h3-10H2,1-2H3,(H,13,15). The molecule has 19 heavy (non-hydrogen) atoms. The number of carbonyl (C=O) groups is 2. The molecule has 0 atom stereocenters. The van der Waals surface area contributed by atoms with Crippen molar-refractivity contribution in [3.8, 4) is 0 Å². The van der Waals surface area contributed by atoms with Crippen molar-refractivity contribution in [3.63, 3.8) is 0 Å². The first kappa shape index (κ1) is 18.4. The molecule has 6 nitrogen and oxygen atoms in total. The Morgan fingerprint density at radius 2 is 1.68 bits per heavy atom. The van der Waals surface area contributed by atoms with Crippen LogP contribution in [0.25, 0.3) is 0 Å². The molecule has 0 unspecified atom stereocenters. The highest BCUT2D eigenvalue weighted by molar-refractivity contribution is 8.13. The topological polar surface area (TPSA) is 73.9 Å². The van der Waals surface area contributed by atoms with Crippen LogP contribution in [0, 0.1) is 0 Å². The van der Waals surface area contributed by atoms with Gasteiger partial charge in [0.05, 0.1) is 33.0 Å². The van der Waals surface area contributed by atoms with Crippen molar-refractivity contribution in [2.45, 2.75) is 13.3 Å². The molecule has 1 amide bonds. The lowest BCUT2D eigenvalue weighted by atomic mass is 10.4. The highest BCUT2D eigenvalue weighted by Gasteiger charge is 2.02. The van der Waals surface area contributed by atoms with Gasteiger partial charge in [0.2, 0.25) is 5.91 Å². The summed E-state index contributed by atoms with van der Waals surface area (Å²) in [4.78, 5) is 21.9. The van der Waals surface area contributed by atoms with Gasteiger partial charge in [-0.15, -0.1) is 0 Å². The normalized spacial score (nSPS) is 10.4. The molecule has 0 radical (unpaired) electrons. The first-order valence-electron chi connectivity index (χ1n) is 6.21. The molecule has 0 aromatic heterocycles. The van der Waals surface area contributed by atoms with E-state index in [1.807, 2.05) is 0 Å². The summed E-state index contributed by atoms with van der Waals surface area (Å²) in [5, 5.41) is 2.75. The van der Waals surface area contributed by atoms with Crippen molar-refractivity contribution in [2.75, 3.05) is 52.4 Å². The van der Waals surface area contributed by atoms with Gasteiger partial charge in [-0.2, -0.15) is 0 Å². The first-order chi connectivity index (χ1) is 9.16. The van der Waals surface area contributed by atoms with Crippen LogP contribution in [-0.4, -0.2) is 63.5 Å². The number of amides is 1. The number of methoxy groups -OCH3 is 1. The lowest BCUT2D eigenvalue weighted by Crippen LogP contribution is -2.28.